The van der Waals surface area contributed by atoms with Crippen molar-refractivity contribution in [1.82, 2.24) is 4.98 Å². The summed E-state index contributed by atoms with van der Waals surface area (Å²) in [7, 11) is 0. The van der Waals surface area contributed by atoms with Crippen LogP contribution in [-0.2, 0) is 19.3 Å². The zero-order valence-corrected chi connectivity index (χ0v) is 7.98. The van der Waals surface area contributed by atoms with Crippen LogP contribution in [0.5, 0.6) is 0 Å². The third kappa shape index (κ3) is 1.40. The molecule has 1 N–H and O–H groups in total. The highest BCUT2D eigenvalue weighted by Gasteiger charge is 2.13. The molecule has 0 aliphatic heterocycles. The van der Waals surface area contributed by atoms with E-state index in [9.17, 15) is 0 Å². The molecule has 66 valence electrons. The summed E-state index contributed by atoms with van der Waals surface area (Å²) in [5.41, 5.74) is 4.52. The lowest BCUT2D eigenvalue weighted by Crippen LogP contribution is -1.94. The standard InChI is InChI=1S/C11H17N/c1-8(2)6-10-7-9-4-3-5-11(9)12-10/h7-8,12H,3-6H2,1-2H3. The number of aromatic nitrogens is 1. The number of aryl methyl sites for hydroxylation is 2. The molecule has 0 fully saturated rings. The van der Waals surface area contributed by atoms with E-state index in [2.05, 4.69) is 24.9 Å². The zero-order valence-electron chi connectivity index (χ0n) is 7.98. The Balaban J connectivity index is 2.15. The Morgan fingerprint density at radius 2 is 2.25 bits per heavy atom. The third-order valence-electron chi connectivity index (χ3n) is 2.55. The fourth-order valence-electron chi connectivity index (χ4n) is 2.06. The smallest absolute Gasteiger partial charge is 0.0181 e. The van der Waals surface area contributed by atoms with Gasteiger partial charge in [0.1, 0.15) is 0 Å². The maximum absolute atomic E-state index is 3.52. The average Bonchev–Trinajstić information content (AvgIpc) is 2.43. The van der Waals surface area contributed by atoms with Crippen molar-refractivity contribution in [2.24, 2.45) is 5.92 Å². The molecule has 0 aromatic carbocycles. The second kappa shape index (κ2) is 2.96. The van der Waals surface area contributed by atoms with E-state index in [4.69, 9.17) is 0 Å². The first-order chi connectivity index (χ1) is 5.75. The summed E-state index contributed by atoms with van der Waals surface area (Å²) in [5.74, 6) is 0.767. The summed E-state index contributed by atoms with van der Waals surface area (Å²) in [4.78, 5) is 3.52. The lowest BCUT2D eigenvalue weighted by atomic mass is 10.1. The number of hydrogen-bond donors (Lipinski definition) is 1. The second-order valence-corrected chi connectivity index (χ2v) is 4.25. The van der Waals surface area contributed by atoms with Crippen LogP contribution in [0, 0.1) is 5.92 Å². The lowest BCUT2D eigenvalue weighted by molar-refractivity contribution is 0.635. The molecule has 1 aliphatic rings. The summed E-state index contributed by atoms with van der Waals surface area (Å²) in [6.45, 7) is 4.54. The average molecular weight is 163 g/mol. The van der Waals surface area contributed by atoms with Crippen LogP contribution in [0.4, 0.5) is 0 Å². The third-order valence-corrected chi connectivity index (χ3v) is 2.55. The molecule has 0 saturated heterocycles. The Hall–Kier alpha value is -0.720. The Morgan fingerprint density at radius 3 is 2.92 bits per heavy atom. The molecule has 2 rings (SSSR count). The molecule has 1 heteroatoms. The van der Waals surface area contributed by atoms with Gasteiger partial charge < -0.3 is 4.98 Å². The van der Waals surface area contributed by atoms with E-state index in [1.807, 2.05) is 0 Å². The Kier molecular flexibility index (Phi) is 1.95. The Bertz CT molecular complexity index is 249. The van der Waals surface area contributed by atoms with E-state index < -0.39 is 0 Å². The van der Waals surface area contributed by atoms with Crippen LogP contribution in [0.3, 0.4) is 0 Å². The molecular weight excluding hydrogens is 146 g/mol. The first kappa shape index (κ1) is 7.90. The van der Waals surface area contributed by atoms with E-state index in [1.165, 1.54) is 37.1 Å². The van der Waals surface area contributed by atoms with Crippen LogP contribution in [0.1, 0.15) is 37.2 Å². The van der Waals surface area contributed by atoms with E-state index in [0.29, 0.717) is 0 Å². The molecule has 0 radical (unpaired) electrons. The molecular formula is C11H17N. The van der Waals surface area contributed by atoms with Crippen molar-refractivity contribution in [1.29, 1.82) is 0 Å². The van der Waals surface area contributed by atoms with Crippen LogP contribution >= 0.6 is 0 Å². The zero-order chi connectivity index (χ0) is 8.55. The van der Waals surface area contributed by atoms with Crippen LogP contribution in [-0.4, -0.2) is 4.98 Å². The number of H-pyrrole nitrogens is 1. The topological polar surface area (TPSA) is 15.8 Å². The van der Waals surface area contributed by atoms with Gasteiger partial charge in [-0.05, 0) is 43.2 Å². The van der Waals surface area contributed by atoms with Crippen molar-refractivity contribution < 1.29 is 0 Å². The molecule has 1 aromatic heterocycles. The normalized spacial score (nSPS) is 15.6. The second-order valence-electron chi connectivity index (χ2n) is 4.25. The lowest BCUT2D eigenvalue weighted by Gasteiger charge is -2.01. The van der Waals surface area contributed by atoms with Crippen molar-refractivity contribution in [3.05, 3.63) is 23.0 Å². The van der Waals surface area contributed by atoms with Gasteiger partial charge in [0.05, 0.1) is 0 Å². The molecule has 0 bridgehead atoms. The van der Waals surface area contributed by atoms with Gasteiger partial charge in [-0.1, -0.05) is 13.8 Å². The molecule has 0 atom stereocenters. The number of fused-ring (bicyclic) bond motifs is 1. The van der Waals surface area contributed by atoms with Crippen molar-refractivity contribution >= 4 is 0 Å². The van der Waals surface area contributed by atoms with Crippen LogP contribution in [0.2, 0.25) is 0 Å². The molecule has 0 spiro atoms. The van der Waals surface area contributed by atoms with Gasteiger partial charge in [-0.2, -0.15) is 0 Å². The number of nitrogens with one attached hydrogen (secondary N) is 1. The summed E-state index contributed by atoms with van der Waals surface area (Å²) in [6.07, 6.45) is 5.12. The first-order valence-electron chi connectivity index (χ1n) is 4.95. The largest absolute Gasteiger partial charge is 0.362 e. The van der Waals surface area contributed by atoms with Gasteiger partial charge in [0, 0.05) is 11.4 Å². The fourth-order valence-corrected chi connectivity index (χ4v) is 2.06. The van der Waals surface area contributed by atoms with Crippen molar-refractivity contribution in [2.75, 3.05) is 0 Å². The minimum absolute atomic E-state index is 0.767. The quantitative estimate of drug-likeness (QED) is 0.690. The van der Waals surface area contributed by atoms with Gasteiger partial charge >= 0.3 is 0 Å². The molecule has 0 unspecified atom stereocenters. The Labute approximate surface area is 74.2 Å². The summed E-state index contributed by atoms with van der Waals surface area (Å²) in [5, 5.41) is 0. The number of hydrogen-bond acceptors (Lipinski definition) is 0. The van der Waals surface area contributed by atoms with Gasteiger partial charge in [-0.25, -0.2) is 0 Å². The van der Waals surface area contributed by atoms with Crippen molar-refractivity contribution in [3.8, 4) is 0 Å². The van der Waals surface area contributed by atoms with Gasteiger partial charge in [-0.3, -0.25) is 0 Å². The Morgan fingerprint density at radius 1 is 1.42 bits per heavy atom. The summed E-state index contributed by atoms with van der Waals surface area (Å²) in [6, 6.07) is 2.36. The van der Waals surface area contributed by atoms with Gasteiger partial charge in [0.15, 0.2) is 0 Å². The van der Waals surface area contributed by atoms with Crippen LogP contribution in [0.25, 0.3) is 0 Å². The maximum atomic E-state index is 3.52. The van der Waals surface area contributed by atoms with E-state index in [-0.39, 0.29) is 0 Å². The molecule has 0 saturated carbocycles. The highest BCUT2D eigenvalue weighted by atomic mass is 14.7. The highest BCUT2D eigenvalue weighted by Crippen LogP contribution is 2.23. The molecule has 12 heavy (non-hydrogen) atoms. The first-order valence-corrected chi connectivity index (χ1v) is 4.95. The number of rotatable bonds is 2. The molecule has 1 heterocycles. The summed E-state index contributed by atoms with van der Waals surface area (Å²) < 4.78 is 0. The molecule has 1 nitrogen and oxygen atoms in total. The minimum Gasteiger partial charge on any atom is -0.362 e. The fraction of sp³-hybridized carbons (Fsp3) is 0.636. The maximum Gasteiger partial charge on any atom is 0.0181 e. The summed E-state index contributed by atoms with van der Waals surface area (Å²) >= 11 is 0. The minimum atomic E-state index is 0.767. The van der Waals surface area contributed by atoms with Crippen molar-refractivity contribution in [3.63, 3.8) is 0 Å². The van der Waals surface area contributed by atoms with E-state index in [0.717, 1.165) is 5.92 Å². The van der Waals surface area contributed by atoms with E-state index in [1.54, 1.807) is 5.56 Å². The van der Waals surface area contributed by atoms with Gasteiger partial charge in [0.25, 0.3) is 0 Å². The molecule has 1 aromatic rings. The number of aromatic amines is 1. The van der Waals surface area contributed by atoms with E-state index >= 15 is 0 Å². The monoisotopic (exact) mass is 163 g/mol. The van der Waals surface area contributed by atoms with Crippen LogP contribution in [0.15, 0.2) is 6.07 Å². The van der Waals surface area contributed by atoms with Crippen LogP contribution < -0.4 is 0 Å². The van der Waals surface area contributed by atoms with Gasteiger partial charge in [-0.15, -0.1) is 0 Å². The highest BCUT2D eigenvalue weighted by molar-refractivity contribution is 5.29. The molecule has 1 aliphatic carbocycles. The van der Waals surface area contributed by atoms with Crippen molar-refractivity contribution in [2.45, 2.75) is 39.5 Å². The molecule has 0 amide bonds. The SMILES string of the molecule is CC(C)Cc1cc2c([nH]1)CCC2. The predicted molar refractivity (Wildman–Crippen MR) is 51.4 cm³/mol. The van der Waals surface area contributed by atoms with Gasteiger partial charge in [0.2, 0.25) is 0 Å². The predicted octanol–water partition coefficient (Wildman–Crippen LogP) is 2.70.